The lowest BCUT2D eigenvalue weighted by Gasteiger charge is -2.04. The summed E-state index contributed by atoms with van der Waals surface area (Å²) in [7, 11) is 1.96. The van der Waals surface area contributed by atoms with Crippen LogP contribution >= 0.6 is 34.9 Å². The third-order valence-corrected chi connectivity index (χ3v) is 5.58. The Morgan fingerprint density at radius 2 is 2.33 bits per heavy atom. The van der Waals surface area contributed by atoms with E-state index in [1.54, 1.807) is 41.1 Å². The predicted molar refractivity (Wildman–Crippen MR) is 89.2 cm³/mol. The van der Waals surface area contributed by atoms with E-state index in [2.05, 4.69) is 22.2 Å². The smallest absolute Gasteiger partial charge is 0.226 e. The third kappa shape index (κ3) is 5.37. The number of thiazole rings is 1. The molecule has 2 heterocycles. The van der Waals surface area contributed by atoms with Crippen molar-refractivity contribution >= 4 is 40.8 Å². The summed E-state index contributed by atoms with van der Waals surface area (Å²) in [6.07, 6.45) is 4.04. The highest BCUT2D eigenvalue weighted by Crippen LogP contribution is 2.22. The van der Waals surface area contributed by atoms with E-state index in [0.29, 0.717) is 13.0 Å². The molecule has 0 bridgehead atoms. The Morgan fingerprint density at radius 1 is 1.48 bits per heavy atom. The maximum Gasteiger partial charge on any atom is 0.226 e. The number of rotatable bonds is 8. The molecule has 0 saturated heterocycles. The van der Waals surface area contributed by atoms with Gasteiger partial charge in [-0.2, -0.15) is 0 Å². The van der Waals surface area contributed by atoms with Gasteiger partial charge in [-0.05, 0) is 5.75 Å². The highest BCUT2D eigenvalue weighted by Gasteiger charge is 2.07. The van der Waals surface area contributed by atoms with Crippen LogP contribution in [-0.4, -0.2) is 38.5 Å². The maximum atomic E-state index is 11.8. The molecule has 2 aromatic heterocycles. The molecule has 0 atom stereocenters. The molecule has 0 aliphatic heterocycles. The monoisotopic (exact) mass is 342 g/mol. The summed E-state index contributed by atoms with van der Waals surface area (Å²) in [6, 6.07) is 0. The Hall–Kier alpha value is -0.990. The molecule has 0 aromatic carbocycles. The standard InChI is InChI=1S/C13H18N4OS3/c1-3-19-13-16-10(9-21-13)8-11(18)14-5-7-20-12-15-4-6-17(12)2/h4,6,9H,3,5,7-8H2,1-2H3,(H,14,18). The van der Waals surface area contributed by atoms with Crippen molar-refractivity contribution in [1.29, 1.82) is 0 Å². The number of imidazole rings is 1. The Morgan fingerprint density at radius 3 is 3.05 bits per heavy atom. The first kappa shape index (κ1) is 16.4. The van der Waals surface area contributed by atoms with Crippen molar-refractivity contribution in [2.45, 2.75) is 22.8 Å². The van der Waals surface area contributed by atoms with Crippen LogP contribution in [0.4, 0.5) is 0 Å². The van der Waals surface area contributed by atoms with E-state index in [1.807, 2.05) is 23.2 Å². The van der Waals surface area contributed by atoms with Crippen LogP contribution in [0.25, 0.3) is 0 Å². The van der Waals surface area contributed by atoms with E-state index in [0.717, 1.165) is 26.7 Å². The van der Waals surface area contributed by atoms with Gasteiger partial charge >= 0.3 is 0 Å². The van der Waals surface area contributed by atoms with Crippen molar-refractivity contribution in [2.24, 2.45) is 7.05 Å². The summed E-state index contributed by atoms with van der Waals surface area (Å²) in [6.45, 7) is 2.73. The molecule has 2 aromatic rings. The van der Waals surface area contributed by atoms with Crippen molar-refractivity contribution in [1.82, 2.24) is 19.9 Å². The second kappa shape index (κ2) is 8.45. The maximum absolute atomic E-state index is 11.8. The summed E-state index contributed by atoms with van der Waals surface area (Å²) in [5, 5.41) is 5.84. The van der Waals surface area contributed by atoms with Gasteiger partial charge in [-0.15, -0.1) is 11.3 Å². The van der Waals surface area contributed by atoms with Gasteiger partial charge in [0.25, 0.3) is 0 Å². The van der Waals surface area contributed by atoms with Crippen molar-refractivity contribution in [3.05, 3.63) is 23.5 Å². The van der Waals surface area contributed by atoms with Crippen molar-refractivity contribution in [3.8, 4) is 0 Å². The van der Waals surface area contributed by atoms with Crippen LogP contribution in [0.1, 0.15) is 12.6 Å². The summed E-state index contributed by atoms with van der Waals surface area (Å²) in [5.41, 5.74) is 0.852. The van der Waals surface area contributed by atoms with Gasteiger partial charge < -0.3 is 9.88 Å². The zero-order valence-electron chi connectivity index (χ0n) is 12.0. The minimum Gasteiger partial charge on any atom is -0.355 e. The molecule has 2 rings (SSSR count). The summed E-state index contributed by atoms with van der Waals surface area (Å²) >= 11 is 4.94. The highest BCUT2D eigenvalue weighted by molar-refractivity contribution is 8.01. The fourth-order valence-corrected chi connectivity index (χ4v) is 4.14. The normalized spacial score (nSPS) is 10.8. The largest absolute Gasteiger partial charge is 0.355 e. The topological polar surface area (TPSA) is 59.8 Å². The number of hydrogen-bond donors (Lipinski definition) is 1. The van der Waals surface area contributed by atoms with Crippen LogP contribution in [-0.2, 0) is 18.3 Å². The summed E-state index contributed by atoms with van der Waals surface area (Å²) in [4.78, 5) is 20.5. The zero-order valence-corrected chi connectivity index (χ0v) is 14.5. The van der Waals surface area contributed by atoms with E-state index in [4.69, 9.17) is 0 Å². The number of nitrogens with zero attached hydrogens (tertiary/aromatic N) is 3. The fourth-order valence-electron chi connectivity index (χ4n) is 1.61. The number of carbonyl (C=O) groups is 1. The third-order valence-electron chi connectivity index (χ3n) is 2.57. The molecule has 0 fully saturated rings. The van der Waals surface area contributed by atoms with E-state index < -0.39 is 0 Å². The fraction of sp³-hybridized carbons (Fsp3) is 0.462. The van der Waals surface area contributed by atoms with Gasteiger partial charge in [0.15, 0.2) is 5.16 Å². The number of nitrogens with one attached hydrogen (secondary N) is 1. The zero-order chi connectivity index (χ0) is 15.1. The molecule has 1 N–H and O–H groups in total. The second-order valence-electron chi connectivity index (χ2n) is 4.23. The molecular formula is C13H18N4OS3. The molecule has 0 spiro atoms. The number of amides is 1. The molecule has 21 heavy (non-hydrogen) atoms. The summed E-state index contributed by atoms with van der Waals surface area (Å²) < 4.78 is 3.00. The number of aromatic nitrogens is 3. The van der Waals surface area contributed by atoms with Crippen LogP contribution in [0, 0.1) is 0 Å². The molecule has 0 unspecified atom stereocenters. The van der Waals surface area contributed by atoms with E-state index in [-0.39, 0.29) is 5.91 Å². The Balaban J connectivity index is 1.66. The van der Waals surface area contributed by atoms with Crippen LogP contribution in [0.5, 0.6) is 0 Å². The van der Waals surface area contributed by atoms with Gasteiger partial charge in [0.05, 0.1) is 12.1 Å². The molecule has 0 aliphatic rings. The number of hydrogen-bond acceptors (Lipinski definition) is 6. The minimum atomic E-state index is 0.0220. The molecule has 114 valence electrons. The number of aryl methyl sites for hydroxylation is 1. The van der Waals surface area contributed by atoms with Crippen LogP contribution in [0.2, 0.25) is 0 Å². The molecule has 8 heteroatoms. The van der Waals surface area contributed by atoms with Gasteiger partial charge in [0.1, 0.15) is 4.34 Å². The quantitative estimate of drug-likeness (QED) is 0.590. The Kier molecular flexibility index (Phi) is 6.59. The van der Waals surface area contributed by atoms with Gasteiger partial charge in [0, 0.05) is 37.1 Å². The first-order valence-electron chi connectivity index (χ1n) is 6.63. The molecule has 1 amide bonds. The molecule has 0 saturated carbocycles. The van der Waals surface area contributed by atoms with E-state index >= 15 is 0 Å². The SMILES string of the molecule is CCSc1nc(CC(=O)NCCSc2nccn2C)cs1. The average Bonchev–Trinajstić information content (AvgIpc) is 3.05. The molecule has 0 radical (unpaired) electrons. The first-order chi connectivity index (χ1) is 10.2. The average molecular weight is 343 g/mol. The van der Waals surface area contributed by atoms with Crippen LogP contribution < -0.4 is 5.32 Å². The second-order valence-corrected chi connectivity index (χ2v) is 7.66. The Bertz CT molecular complexity index is 581. The van der Waals surface area contributed by atoms with E-state index in [9.17, 15) is 4.79 Å². The van der Waals surface area contributed by atoms with Gasteiger partial charge in [-0.3, -0.25) is 4.79 Å². The van der Waals surface area contributed by atoms with Gasteiger partial charge in [0.2, 0.25) is 5.91 Å². The minimum absolute atomic E-state index is 0.0220. The van der Waals surface area contributed by atoms with Gasteiger partial charge in [-0.1, -0.05) is 30.4 Å². The van der Waals surface area contributed by atoms with E-state index in [1.165, 1.54) is 0 Å². The lowest BCUT2D eigenvalue weighted by Crippen LogP contribution is -2.27. The predicted octanol–water partition coefficient (Wildman–Crippen LogP) is 2.44. The molecule has 5 nitrogen and oxygen atoms in total. The highest BCUT2D eigenvalue weighted by atomic mass is 32.2. The number of thioether (sulfide) groups is 2. The number of carbonyl (C=O) groups excluding carboxylic acids is 1. The Labute approximate surface area is 136 Å². The van der Waals surface area contributed by atoms with Crippen molar-refractivity contribution in [2.75, 3.05) is 18.1 Å². The summed E-state index contributed by atoms with van der Waals surface area (Å²) in [5.74, 6) is 1.84. The molecular weight excluding hydrogens is 324 g/mol. The molecule has 0 aliphatic carbocycles. The first-order valence-corrected chi connectivity index (χ1v) is 9.48. The van der Waals surface area contributed by atoms with Crippen molar-refractivity contribution in [3.63, 3.8) is 0 Å². The lowest BCUT2D eigenvalue weighted by atomic mass is 10.3. The van der Waals surface area contributed by atoms with Gasteiger partial charge in [-0.25, -0.2) is 9.97 Å². The van der Waals surface area contributed by atoms with Crippen LogP contribution in [0.15, 0.2) is 27.3 Å². The van der Waals surface area contributed by atoms with Crippen LogP contribution in [0.3, 0.4) is 0 Å². The lowest BCUT2D eigenvalue weighted by molar-refractivity contribution is -0.120. The van der Waals surface area contributed by atoms with Crippen molar-refractivity contribution < 1.29 is 4.79 Å².